The number of carbonyl (C=O) groups is 3. The second-order valence-electron chi connectivity index (χ2n) is 4.94. The number of benzene rings is 1. The van der Waals surface area contributed by atoms with Crippen molar-refractivity contribution < 1.29 is 24.3 Å². The highest BCUT2D eigenvalue weighted by molar-refractivity contribution is 7.09. The van der Waals surface area contributed by atoms with E-state index in [1.807, 2.05) is 23.0 Å². The molecule has 0 aliphatic carbocycles. The molecule has 2 N–H and O–H groups in total. The molecule has 0 radical (unpaired) electrons. The lowest BCUT2D eigenvalue weighted by Gasteiger charge is -2.18. The minimum atomic E-state index is -1.01. The Labute approximate surface area is 142 Å². The van der Waals surface area contributed by atoms with Crippen LogP contribution in [0.2, 0.25) is 0 Å². The van der Waals surface area contributed by atoms with Crippen molar-refractivity contribution in [2.75, 3.05) is 0 Å². The maximum atomic E-state index is 11.7. The highest BCUT2D eigenvalue weighted by Crippen LogP contribution is 2.15. The zero-order valence-corrected chi connectivity index (χ0v) is 13.7. The van der Waals surface area contributed by atoms with Crippen LogP contribution in [0.25, 0.3) is 0 Å². The first-order valence-corrected chi connectivity index (χ1v) is 7.90. The van der Waals surface area contributed by atoms with E-state index in [-0.39, 0.29) is 6.54 Å². The van der Waals surface area contributed by atoms with Crippen LogP contribution in [0, 0.1) is 0 Å². The van der Waals surface area contributed by atoms with E-state index in [1.165, 1.54) is 23.2 Å². The summed E-state index contributed by atoms with van der Waals surface area (Å²) in [6, 6.07) is 10.2. The molecule has 0 spiro atoms. The van der Waals surface area contributed by atoms with E-state index < -0.39 is 18.0 Å². The lowest BCUT2D eigenvalue weighted by molar-refractivity contribution is -0.146. The zero-order valence-electron chi connectivity index (χ0n) is 12.9. The molecular weight excluding hydrogens is 332 g/mol. The SMILES string of the molecule is CC(=O)ONC(=O)c1ccc(CN(Cc2cccs2)C(=O)O)cc1. The molecule has 0 aliphatic rings. The molecule has 8 heteroatoms. The predicted octanol–water partition coefficient (Wildman–Crippen LogP) is 2.64. The van der Waals surface area contributed by atoms with E-state index in [4.69, 9.17) is 0 Å². The summed E-state index contributed by atoms with van der Waals surface area (Å²) in [5, 5.41) is 11.2. The molecular formula is C16H16N2O5S. The number of nitrogens with one attached hydrogen (secondary N) is 1. The first-order valence-electron chi connectivity index (χ1n) is 7.02. The normalized spacial score (nSPS) is 10.0. The first kappa shape index (κ1) is 17.5. The Morgan fingerprint density at radius 2 is 1.88 bits per heavy atom. The van der Waals surface area contributed by atoms with Gasteiger partial charge in [0.1, 0.15) is 0 Å². The van der Waals surface area contributed by atoms with Crippen molar-refractivity contribution >= 4 is 29.3 Å². The molecule has 0 saturated heterocycles. The molecule has 0 unspecified atom stereocenters. The van der Waals surface area contributed by atoms with Crippen LogP contribution in [-0.4, -0.2) is 28.0 Å². The summed E-state index contributed by atoms with van der Waals surface area (Å²) in [6.07, 6.45) is -1.01. The van der Waals surface area contributed by atoms with Gasteiger partial charge in [0.25, 0.3) is 5.91 Å². The molecule has 0 aliphatic heterocycles. The van der Waals surface area contributed by atoms with Crippen molar-refractivity contribution in [2.24, 2.45) is 0 Å². The number of thiophene rings is 1. The van der Waals surface area contributed by atoms with Crippen LogP contribution in [0.1, 0.15) is 27.7 Å². The van der Waals surface area contributed by atoms with Gasteiger partial charge in [-0.05, 0) is 29.1 Å². The van der Waals surface area contributed by atoms with Gasteiger partial charge in [-0.3, -0.25) is 14.5 Å². The summed E-state index contributed by atoms with van der Waals surface area (Å²) < 4.78 is 0. The molecule has 1 aromatic heterocycles. The minimum Gasteiger partial charge on any atom is -0.465 e. The van der Waals surface area contributed by atoms with E-state index in [1.54, 1.807) is 24.3 Å². The van der Waals surface area contributed by atoms with Gasteiger partial charge in [0.2, 0.25) is 0 Å². The predicted molar refractivity (Wildman–Crippen MR) is 87.3 cm³/mol. The number of hydrogen-bond acceptors (Lipinski definition) is 5. The molecule has 1 aromatic carbocycles. The van der Waals surface area contributed by atoms with Crippen LogP contribution < -0.4 is 5.48 Å². The van der Waals surface area contributed by atoms with Gasteiger partial charge in [-0.1, -0.05) is 18.2 Å². The standard InChI is InChI=1S/C16H16N2O5S/c1-11(19)23-17-15(20)13-6-4-12(5-7-13)9-18(16(21)22)10-14-3-2-8-24-14/h2-8H,9-10H2,1H3,(H,17,20)(H,21,22). The third-order valence-corrected chi connectivity index (χ3v) is 3.94. The van der Waals surface area contributed by atoms with Gasteiger partial charge in [-0.2, -0.15) is 5.48 Å². The van der Waals surface area contributed by atoms with E-state index in [0.717, 1.165) is 10.4 Å². The second kappa shape index (κ2) is 8.11. The lowest BCUT2D eigenvalue weighted by atomic mass is 10.1. The van der Waals surface area contributed by atoms with Crippen LogP contribution in [0.4, 0.5) is 4.79 Å². The molecule has 0 fully saturated rings. The van der Waals surface area contributed by atoms with Crippen LogP contribution in [0.5, 0.6) is 0 Å². The lowest BCUT2D eigenvalue weighted by Crippen LogP contribution is -2.28. The van der Waals surface area contributed by atoms with Crippen molar-refractivity contribution in [3.8, 4) is 0 Å². The Balaban J connectivity index is 1.99. The third-order valence-electron chi connectivity index (χ3n) is 3.07. The van der Waals surface area contributed by atoms with Crippen LogP contribution in [-0.2, 0) is 22.7 Å². The fourth-order valence-electron chi connectivity index (χ4n) is 1.94. The smallest absolute Gasteiger partial charge is 0.407 e. The maximum Gasteiger partial charge on any atom is 0.407 e. The fraction of sp³-hybridized carbons (Fsp3) is 0.188. The van der Waals surface area contributed by atoms with Gasteiger partial charge < -0.3 is 9.94 Å². The molecule has 2 amide bonds. The number of hydroxylamine groups is 1. The Morgan fingerprint density at radius 3 is 2.42 bits per heavy atom. The molecule has 0 bridgehead atoms. The van der Waals surface area contributed by atoms with Crippen LogP contribution >= 0.6 is 11.3 Å². The van der Waals surface area contributed by atoms with Crippen LogP contribution in [0.3, 0.4) is 0 Å². The minimum absolute atomic E-state index is 0.207. The number of amides is 2. The Hall–Kier alpha value is -2.87. The van der Waals surface area contributed by atoms with Gasteiger partial charge in [0.05, 0.1) is 6.54 Å². The van der Waals surface area contributed by atoms with Gasteiger partial charge in [0.15, 0.2) is 0 Å². The second-order valence-corrected chi connectivity index (χ2v) is 5.97. The van der Waals surface area contributed by atoms with Gasteiger partial charge in [0, 0.05) is 23.9 Å². The summed E-state index contributed by atoms with van der Waals surface area (Å²) in [5.41, 5.74) is 3.07. The summed E-state index contributed by atoms with van der Waals surface area (Å²) in [7, 11) is 0. The Bertz CT molecular complexity index is 713. The first-order chi connectivity index (χ1) is 11.5. The van der Waals surface area contributed by atoms with Crippen molar-refractivity contribution in [3.63, 3.8) is 0 Å². The Morgan fingerprint density at radius 1 is 1.17 bits per heavy atom. The van der Waals surface area contributed by atoms with Crippen molar-refractivity contribution in [3.05, 3.63) is 57.8 Å². The van der Waals surface area contributed by atoms with E-state index in [2.05, 4.69) is 4.84 Å². The van der Waals surface area contributed by atoms with Gasteiger partial charge in [-0.15, -0.1) is 11.3 Å². The number of carboxylic acid groups (broad SMARTS) is 1. The highest BCUT2D eigenvalue weighted by Gasteiger charge is 2.14. The molecule has 24 heavy (non-hydrogen) atoms. The summed E-state index contributed by atoms with van der Waals surface area (Å²) in [4.78, 5) is 40.4. The number of hydrogen-bond donors (Lipinski definition) is 2. The van der Waals surface area contributed by atoms with Crippen LogP contribution in [0.15, 0.2) is 41.8 Å². The van der Waals surface area contributed by atoms with Crippen molar-refractivity contribution in [2.45, 2.75) is 20.0 Å². The largest absolute Gasteiger partial charge is 0.465 e. The number of rotatable bonds is 5. The monoisotopic (exact) mass is 348 g/mol. The molecule has 0 atom stereocenters. The average molecular weight is 348 g/mol. The molecule has 2 aromatic rings. The number of nitrogens with zero attached hydrogens (tertiary/aromatic N) is 1. The summed E-state index contributed by atoms with van der Waals surface area (Å²) in [5.74, 6) is -1.17. The topological polar surface area (TPSA) is 95.9 Å². The number of carbonyl (C=O) groups excluding carboxylic acids is 2. The highest BCUT2D eigenvalue weighted by atomic mass is 32.1. The summed E-state index contributed by atoms with van der Waals surface area (Å²) in [6.45, 7) is 1.69. The van der Waals surface area contributed by atoms with E-state index >= 15 is 0 Å². The third kappa shape index (κ3) is 5.10. The zero-order chi connectivity index (χ0) is 17.5. The molecule has 1 heterocycles. The van der Waals surface area contributed by atoms with Gasteiger partial charge >= 0.3 is 12.1 Å². The van der Waals surface area contributed by atoms with Crippen molar-refractivity contribution in [1.82, 2.24) is 10.4 Å². The fourth-order valence-corrected chi connectivity index (χ4v) is 2.66. The Kier molecular flexibility index (Phi) is 5.91. The van der Waals surface area contributed by atoms with E-state index in [0.29, 0.717) is 12.1 Å². The van der Waals surface area contributed by atoms with Crippen molar-refractivity contribution in [1.29, 1.82) is 0 Å². The van der Waals surface area contributed by atoms with Gasteiger partial charge in [-0.25, -0.2) is 4.79 Å². The molecule has 0 saturated carbocycles. The molecule has 7 nitrogen and oxygen atoms in total. The maximum absolute atomic E-state index is 11.7. The quantitative estimate of drug-likeness (QED) is 0.810. The average Bonchev–Trinajstić information content (AvgIpc) is 3.05. The van der Waals surface area contributed by atoms with E-state index in [9.17, 15) is 19.5 Å². The molecule has 126 valence electrons. The molecule has 2 rings (SSSR count). The summed E-state index contributed by atoms with van der Waals surface area (Å²) >= 11 is 1.49.